The average Bonchev–Trinajstić information content (AvgIpc) is 2.90. The number of carbonyl (C=O) groups excluding carboxylic acids is 1. The van der Waals surface area contributed by atoms with Crippen molar-refractivity contribution < 1.29 is 4.79 Å². The highest BCUT2D eigenvalue weighted by atomic mass is 32.2. The minimum absolute atomic E-state index is 0.120. The largest absolute Gasteiger partial charge is 0.383 e. The fourth-order valence-corrected chi connectivity index (χ4v) is 3.29. The first-order valence-electron chi connectivity index (χ1n) is 7.04. The lowest BCUT2D eigenvalue weighted by Gasteiger charge is -2.17. The summed E-state index contributed by atoms with van der Waals surface area (Å²) in [5, 5.41) is 0.507. The Morgan fingerprint density at radius 1 is 1.23 bits per heavy atom. The Labute approximate surface area is 132 Å². The van der Waals surface area contributed by atoms with Gasteiger partial charge in [0.25, 0.3) is 0 Å². The van der Waals surface area contributed by atoms with Crippen LogP contribution >= 0.6 is 11.8 Å². The van der Waals surface area contributed by atoms with Crippen LogP contribution in [0.3, 0.4) is 0 Å². The first-order chi connectivity index (χ1) is 10.6. The molecule has 0 fully saturated rings. The third-order valence-electron chi connectivity index (χ3n) is 3.48. The van der Waals surface area contributed by atoms with Crippen LogP contribution in [0.15, 0.2) is 35.5 Å². The van der Waals surface area contributed by atoms with Gasteiger partial charge in [0.2, 0.25) is 5.91 Å². The van der Waals surface area contributed by atoms with Gasteiger partial charge in [-0.25, -0.2) is 9.97 Å². The molecule has 0 spiro atoms. The molecule has 1 amide bonds. The molecule has 0 bridgehead atoms. The van der Waals surface area contributed by atoms with Gasteiger partial charge < -0.3 is 16.4 Å². The van der Waals surface area contributed by atoms with Crippen molar-refractivity contribution in [2.24, 2.45) is 0 Å². The van der Waals surface area contributed by atoms with Crippen LogP contribution in [0.2, 0.25) is 0 Å². The Morgan fingerprint density at radius 2 is 1.95 bits per heavy atom. The predicted molar refractivity (Wildman–Crippen MR) is 88.7 cm³/mol. The molecule has 0 saturated heterocycles. The van der Waals surface area contributed by atoms with Gasteiger partial charge in [-0.05, 0) is 18.1 Å². The molecule has 0 saturated carbocycles. The first-order valence-corrected chi connectivity index (χ1v) is 8.03. The van der Waals surface area contributed by atoms with Gasteiger partial charge in [0.05, 0.1) is 0 Å². The quantitative estimate of drug-likeness (QED) is 0.658. The van der Waals surface area contributed by atoms with E-state index in [1.807, 2.05) is 23.1 Å². The molecule has 2 aromatic rings. The van der Waals surface area contributed by atoms with Gasteiger partial charge in [-0.1, -0.05) is 30.0 Å². The number of aromatic nitrogens is 2. The topological polar surface area (TPSA) is 98.1 Å². The maximum absolute atomic E-state index is 12.4. The van der Waals surface area contributed by atoms with Crippen LogP contribution in [0.25, 0.3) is 0 Å². The predicted octanol–water partition coefficient (Wildman–Crippen LogP) is 1.71. The van der Waals surface area contributed by atoms with Crippen molar-refractivity contribution in [3.05, 3.63) is 35.9 Å². The number of amides is 1. The number of thioether (sulfide) groups is 1. The van der Waals surface area contributed by atoms with Crippen LogP contribution in [0.4, 0.5) is 17.3 Å². The monoisotopic (exact) mass is 315 g/mol. The molecule has 3 rings (SSSR count). The number of fused-ring (bicyclic) bond motifs is 1. The number of para-hydroxylation sites is 1. The lowest BCUT2D eigenvalue weighted by molar-refractivity contribution is -0.118. The standard InChI is InChI=1S/C15H17N5OS/c16-12-9-13(17)19-15(18-12)22-8-6-14(21)20-7-5-10-3-1-2-4-11(10)20/h1-4,9H,5-8H2,(H4,16,17,18,19). The van der Waals surface area contributed by atoms with E-state index >= 15 is 0 Å². The third kappa shape index (κ3) is 3.14. The molecule has 0 atom stereocenters. The zero-order chi connectivity index (χ0) is 15.5. The molecular weight excluding hydrogens is 298 g/mol. The van der Waals surface area contributed by atoms with Gasteiger partial charge in [-0.3, -0.25) is 4.79 Å². The summed E-state index contributed by atoms with van der Waals surface area (Å²) in [6.07, 6.45) is 1.35. The van der Waals surface area contributed by atoms with Crippen molar-refractivity contribution in [2.75, 3.05) is 28.7 Å². The number of nitrogens with zero attached hydrogens (tertiary/aromatic N) is 3. The summed E-state index contributed by atoms with van der Waals surface area (Å²) in [5.74, 6) is 1.40. The number of carbonyl (C=O) groups is 1. The Morgan fingerprint density at radius 3 is 2.73 bits per heavy atom. The summed E-state index contributed by atoms with van der Waals surface area (Å²) in [5.41, 5.74) is 13.5. The van der Waals surface area contributed by atoms with Crippen LogP contribution in [-0.2, 0) is 11.2 Å². The molecule has 22 heavy (non-hydrogen) atoms. The summed E-state index contributed by atoms with van der Waals surface area (Å²) in [4.78, 5) is 22.4. The summed E-state index contributed by atoms with van der Waals surface area (Å²) < 4.78 is 0. The minimum Gasteiger partial charge on any atom is -0.383 e. The van der Waals surface area contributed by atoms with E-state index in [-0.39, 0.29) is 5.91 Å². The fraction of sp³-hybridized carbons (Fsp3) is 0.267. The number of benzene rings is 1. The molecular formula is C15H17N5OS. The summed E-state index contributed by atoms with van der Waals surface area (Å²) in [7, 11) is 0. The highest BCUT2D eigenvalue weighted by molar-refractivity contribution is 7.99. The number of nitrogens with two attached hydrogens (primary N) is 2. The first kappa shape index (κ1) is 14.6. The van der Waals surface area contributed by atoms with E-state index in [0.717, 1.165) is 18.7 Å². The SMILES string of the molecule is Nc1cc(N)nc(SCCC(=O)N2CCc3ccccc32)n1. The van der Waals surface area contributed by atoms with Gasteiger partial charge >= 0.3 is 0 Å². The van der Waals surface area contributed by atoms with E-state index < -0.39 is 0 Å². The van der Waals surface area contributed by atoms with Crippen molar-refractivity contribution in [1.29, 1.82) is 0 Å². The van der Waals surface area contributed by atoms with Crippen molar-refractivity contribution >= 4 is 35.0 Å². The second-order valence-corrected chi connectivity index (χ2v) is 6.08. The molecule has 114 valence electrons. The van der Waals surface area contributed by atoms with Gasteiger partial charge in [0.1, 0.15) is 11.6 Å². The Kier molecular flexibility index (Phi) is 4.15. The molecule has 1 aliphatic heterocycles. The van der Waals surface area contributed by atoms with E-state index in [9.17, 15) is 4.79 Å². The average molecular weight is 315 g/mol. The summed E-state index contributed by atoms with van der Waals surface area (Å²) in [6.45, 7) is 0.755. The van der Waals surface area contributed by atoms with Gasteiger partial charge in [0.15, 0.2) is 5.16 Å². The van der Waals surface area contributed by atoms with Crippen molar-refractivity contribution in [1.82, 2.24) is 9.97 Å². The Bertz CT molecular complexity index is 686. The van der Waals surface area contributed by atoms with Gasteiger partial charge in [0, 0.05) is 30.5 Å². The zero-order valence-corrected chi connectivity index (χ0v) is 12.8. The molecule has 1 aromatic heterocycles. The summed E-state index contributed by atoms with van der Waals surface area (Å²) >= 11 is 1.39. The van der Waals surface area contributed by atoms with Crippen LogP contribution < -0.4 is 16.4 Å². The minimum atomic E-state index is 0.120. The maximum atomic E-state index is 12.4. The fourth-order valence-electron chi connectivity index (χ4n) is 2.49. The Balaban J connectivity index is 1.57. The maximum Gasteiger partial charge on any atom is 0.227 e. The Hall–Kier alpha value is -2.28. The van der Waals surface area contributed by atoms with Crippen molar-refractivity contribution in [2.45, 2.75) is 18.0 Å². The second-order valence-electron chi connectivity index (χ2n) is 5.02. The number of anilines is 3. The second kappa shape index (κ2) is 6.23. The molecule has 1 aliphatic rings. The van der Waals surface area contributed by atoms with Crippen LogP contribution in [0.5, 0.6) is 0 Å². The number of hydrogen-bond donors (Lipinski definition) is 2. The van der Waals surface area contributed by atoms with E-state index in [1.54, 1.807) is 0 Å². The van der Waals surface area contributed by atoms with Crippen molar-refractivity contribution in [3.63, 3.8) is 0 Å². The molecule has 1 aromatic carbocycles. The molecule has 6 nitrogen and oxygen atoms in total. The molecule has 7 heteroatoms. The number of rotatable bonds is 4. The lowest BCUT2D eigenvalue weighted by Crippen LogP contribution is -2.29. The zero-order valence-electron chi connectivity index (χ0n) is 12.0. The van der Waals surface area contributed by atoms with E-state index in [1.165, 1.54) is 23.4 Å². The van der Waals surface area contributed by atoms with E-state index in [2.05, 4.69) is 16.0 Å². The van der Waals surface area contributed by atoms with Crippen molar-refractivity contribution in [3.8, 4) is 0 Å². The van der Waals surface area contributed by atoms with Crippen LogP contribution in [0, 0.1) is 0 Å². The van der Waals surface area contributed by atoms with Crippen LogP contribution in [0.1, 0.15) is 12.0 Å². The van der Waals surface area contributed by atoms with Gasteiger partial charge in [-0.2, -0.15) is 0 Å². The normalized spacial score (nSPS) is 13.2. The highest BCUT2D eigenvalue weighted by Crippen LogP contribution is 2.28. The van der Waals surface area contributed by atoms with Crippen LogP contribution in [-0.4, -0.2) is 28.2 Å². The number of nitrogen functional groups attached to an aromatic ring is 2. The highest BCUT2D eigenvalue weighted by Gasteiger charge is 2.23. The molecule has 4 N–H and O–H groups in total. The molecule has 2 heterocycles. The molecule has 0 unspecified atom stereocenters. The molecule has 0 radical (unpaired) electrons. The smallest absolute Gasteiger partial charge is 0.227 e. The van der Waals surface area contributed by atoms with E-state index in [4.69, 9.17) is 11.5 Å². The van der Waals surface area contributed by atoms with Gasteiger partial charge in [-0.15, -0.1) is 0 Å². The van der Waals surface area contributed by atoms with E-state index in [0.29, 0.717) is 29.0 Å². The summed E-state index contributed by atoms with van der Waals surface area (Å²) in [6, 6.07) is 9.54. The number of hydrogen-bond acceptors (Lipinski definition) is 6. The lowest BCUT2D eigenvalue weighted by atomic mass is 10.2. The molecule has 0 aliphatic carbocycles. The third-order valence-corrected chi connectivity index (χ3v) is 4.33.